The molecule has 0 amide bonds. The average Bonchev–Trinajstić information content (AvgIpc) is 2.84. The summed E-state index contributed by atoms with van der Waals surface area (Å²) in [5.74, 6) is 1.45. The van der Waals surface area contributed by atoms with Gasteiger partial charge in [-0.3, -0.25) is 0 Å². The largest absolute Gasteiger partial charge is 0.353 e. The fraction of sp³-hybridized carbons (Fsp3) is 0. The van der Waals surface area contributed by atoms with Gasteiger partial charge in [0.25, 0.3) is 0 Å². The molecule has 9 heteroatoms. The lowest BCUT2D eigenvalue weighted by atomic mass is 10.1. The number of para-hydroxylation sites is 2. The highest BCUT2D eigenvalue weighted by Crippen LogP contribution is 2.39. The van der Waals surface area contributed by atoms with Gasteiger partial charge in [0.15, 0.2) is 11.6 Å². The molecular weight excluding hydrogens is 1200 g/mol. The van der Waals surface area contributed by atoms with E-state index in [0.717, 1.165) is 55.1 Å². The summed E-state index contributed by atoms with van der Waals surface area (Å²) in [5.41, 5.74) is 21.7. The number of nitrogens with zero attached hydrogens (tertiary/aromatic N) is 7. The molecule has 0 radical (unpaired) electrons. The minimum Gasteiger partial charge on any atom is -0.353 e. The van der Waals surface area contributed by atoms with Gasteiger partial charge in [-0.15, -0.1) is 0 Å². The van der Waals surface area contributed by atoms with E-state index in [4.69, 9.17) is 9.97 Å². The highest BCUT2D eigenvalue weighted by Gasteiger charge is 2.19. The van der Waals surface area contributed by atoms with Gasteiger partial charge in [0.05, 0.1) is 27.6 Å². The monoisotopic (exact) mass is 1260 g/mol. The maximum absolute atomic E-state index is 4.70. The molecule has 1 N–H and O–H groups in total. The second kappa shape index (κ2) is 24.7. The Hall–Kier alpha value is -12.0. The second-order valence-electron chi connectivity index (χ2n) is 22.9. The summed E-state index contributed by atoms with van der Waals surface area (Å²) in [7, 11) is 0. The van der Waals surface area contributed by atoms with Crippen LogP contribution in [0.25, 0.3) is 150 Å². The van der Waals surface area contributed by atoms with Crippen LogP contribution < -0.4 is 0 Å². The predicted octanol–water partition coefficient (Wildman–Crippen LogP) is 22.0. The smallest absolute Gasteiger partial charge is 0.159 e. The zero-order chi connectivity index (χ0) is 62.0. The van der Waals surface area contributed by atoms with Crippen LogP contribution in [0.3, 0.4) is 0 Å². The molecule has 0 bridgehead atoms. The molecule has 6 aromatic heterocycles. The number of benzene rings is 12. The first kappa shape index (κ1) is 56.2. The van der Waals surface area contributed by atoms with Gasteiger partial charge in [-0.25, -0.2) is 19.9 Å². The Labute approximate surface area is 545 Å². The van der Waals surface area contributed by atoms with Gasteiger partial charge in [-0.05, 0) is 118 Å². The van der Waals surface area contributed by atoms with E-state index in [9.17, 15) is 0 Å². The van der Waals surface area contributed by atoms with Crippen molar-refractivity contribution in [3.05, 3.63) is 345 Å². The van der Waals surface area contributed by atoms with Crippen molar-refractivity contribution >= 4 is 81.3 Å². The Kier molecular flexibility index (Phi) is 15.0. The van der Waals surface area contributed by atoms with Gasteiger partial charge < -0.3 is 18.7 Å². The number of fused-ring (bicyclic) bond motifs is 10. The molecule has 18 aromatic rings. The lowest BCUT2D eigenvalue weighted by Gasteiger charge is -2.13. The number of H-pyrrole nitrogens is 1. The van der Waals surface area contributed by atoms with Crippen LogP contribution in [0.15, 0.2) is 345 Å². The Bertz CT molecular complexity index is 5610. The molecule has 0 aliphatic rings. The normalized spacial score (nSPS) is 11.3. The number of aromatic nitrogens is 8. The van der Waals surface area contributed by atoms with Gasteiger partial charge in [-0.2, -0.15) is 0 Å². The van der Waals surface area contributed by atoms with Gasteiger partial charge in [0.1, 0.15) is 0 Å². The van der Waals surface area contributed by atoms with E-state index < -0.39 is 0 Å². The Morgan fingerprint density at radius 1 is 0.269 bits per heavy atom. The quantitative estimate of drug-likeness (QED) is 0.156. The summed E-state index contributed by atoms with van der Waals surface area (Å²) in [6.07, 6.45) is 11.9. The van der Waals surface area contributed by atoms with Gasteiger partial charge in [0, 0.05) is 119 Å². The van der Waals surface area contributed by atoms with Crippen LogP contribution in [-0.2, 0) is 0 Å². The van der Waals surface area contributed by atoms with Crippen molar-refractivity contribution in [2.75, 3.05) is 0 Å². The zero-order valence-corrected chi connectivity index (χ0v) is 51.9. The minimum atomic E-state index is 0.712. The number of rotatable bonds is 9. The predicted molar refractivity (Wildman–Crippen MR) is 388 cm³/mol. The van der Waals surface area contributed by atoms with E-state index in [1.807, 2.05) is 85.5 Å². The van der Waals surface area contributed by atoms with Crippen molar-refractivity contribution in [2.45, 2.75) is 0 Å². The van der Waals surface area contributed by atoms with Crippen LogP contribution in [0.4, 0.5) is 0 Å². The maximum atomic E-state index is 4.70. The van der Waals surface area contributed by atoms with Crippen LogP contribution in [-0.4, -0.2) is 38.6 Å². The van der Waals surface area contributed by atoms with E-state index >= 15 is 0 Å². The van der Waals surface area contributed by atoms with E-state index in [1.165, 1.54) is 93.4 Å². The fourth-order valence-corrected chi connectivity index (χ4v) is 12.9. The summed E-state index contributed by atoms with van der Waals surface area (Å²) >= 11 is 3.42. The molecule has 0 fully saturated rings. The lowest BCUT2D eigenvalue weighted by molar-refractivity contribution is 1.11. The minimum absolute atomic E-state index is 0.712. The topological polar surface area (TPSA) is 82.1 Å². The molecule has 0 spiro atoms. The van der Waals surface area contributed by atoms with Crippen molar-refractivity contribution in [1.82, 2.24) is 38.6 Å². The highest BCUT2D eigenvalue weighted by molar-refractivity contribution is 9.10. The van der Waals surface area contributed by atoms with Crippen molar-refractivity contribution < 1.29 is 0 Å². The second-order valence-corrected chi connectivity index (χ2v) is 23.8. The Morgan fingerprint density at radius 2 is 0.656 bits per heavy atom. The Balaban J connectivity index is 0.000000123. The van der Waals surface area contributed by atoms with E-state index in [-0.39, 0.29) is 0 Å². The first-order valence-corrected chi connectivity index (χ1v) is 31.8. The molecule has 8 nitrogen and oxygen atoms in total. The first-order valence-electron chi connectivity index (χ1n) is 31.0. The number of nitrogens with one attached hydrogen (secondary N) is 1. The average molecular weight is 1260 g/mol. The number of aromatic amines is 1. The highest BCUT2D eigenvalue weighted by atomic mass is 79.9. The van der Waals surface area contributed by atoms with Crippen molar-refractivity contribution in [3.8, 4) is 84.3 Å². The molecule has 0 saturated heterocycles. The van der Waals surface area contributed by atoms with E-state index in [2.05, 4.69) is 300 Å². The molecule has 0 atom stereocenters. The molecule has 6 heterocycles. The molecule has 440 valence electrons. The molecule has 18 rings (SSSR count). The summed E-state index contributed by atoms with van der Waals surface area (Å²) < 4.78 is 8.04. The molecule has 93 heavy (non-hydrogen) atoms. The summed E-state index contributed by atoms with van der Waals surface area (Å²) in [5, 5.41) is 7.44. The molecule has 0 unspecified atom stereocenters. The summed E-state index contributed by atoms with van der Waals surface area (Å²) in [6.45, 7) is 0. The van der Waals surface area contributed by atoms with Crippen molar-refractivity contribution in [3.63, 3.8) is 0 Å². The molecular formula is C84H57BrN8. The fourth-order valence-electron chi connectivity index (χ4n) is 12.7. The molecule has 0 aliphatic heterocycles. The zero-order valence-electron chi connectivity index (χ0n) is 50.3. The Morgan fingerprint density at radius 3 is 1.17 bits per heavy atom. The van der Waals surface area contributed by atoms with E-state index in [1.54, 1.807) is 0 Å². The van der Waals surface area contributed by atoms with Crippen LogP contribution in [0.2, 0.25) is 0 Å². The standard InChI is InChI=1S/C42H28N4.C26H18N2.C16H11BrN2/c1-3-9-29(10-4-1)31-15-20-35(21-16-31)45-26-25-32-19-24-38-37-13-7-8-14-39(37)46(41(38)40(32)45)36-22-17-33(18-23-36)42-43-27-34(28-44-42)30-11-5-2-6-12-30;1-2-6-18(7-3-1)19-10-13-21(14-11-19)28-17-16-20-12-15-23-22-8-4-5-9-24(22)27-25(23)26(20)28;17-15-8-6-13(7-9-15)16-18-10-14(11-19-16)12-4-2-1-3-5-12/h1-28H;1-17,27H;1-11H. The maximum Gasteiger partial charge on any atom is 0.159 e. The summed E-state index contributed by atoms with van der Waals surface area (Å²) in [4.78, 5) is 21.9. The SMILES string of the molecule is Brc1ccc(-c2ncc(-c3ccccc3)cn2)cc1.c1ccc(-c2ccc(-n3ccc4ccc5c6ccccc6[nH]c5c43)cc2)cc1.c1ccc(-c2ccc(-n3ccc4ccc5c6ccccc6n(-c6ccc(-c7ncc(-c8ccccc8)cn7)cc6)c5c43)cc2)cc1. The molecule has 12 aromatic carbocycles. The van der Waals surface area contributed by atoms with E-state index in [0.29, 0.717) is 5.82 Å². The number of hydrogen-bond donors (Lipinski definition) is 1. The van der Waals surface area contributed by atoms with Gasteiger partial charge in [0.2, 0.25) is 0 Å². The van der Waals surface area contributed by atoms with Crippen molar-refractivity contribution in [1.29, 1.82) is 0 Å². The molecule has 0 aliphatic carbocycles. The van der Waals surface area contributed by atoms with Gasteiger partial charge in [-0.1, -0.05) is 234 Å². The third-order valence-electron chi connectivity index (χ3n) is 17.3. The van der Waals surface area contributed by atoms with Crippen LogP contribution in [0, 0.1) is 0 Å². The third kappa shape index (κ3) is 11.0. The van der Waals surface area contributed by atoms with Crippen LogP contribution in [0.5, 0.6) is 0 Å². The molecule has 0 saturated carbocycles. The van der Waals surface area contributed by atoms with Crippen molar-refractivity contribution in [2.24, 2.45) is 0 Å². The van der Waals surface area contributed by atoms with Crippen LogP contribution >= 0.6 is 15.9 Å². The lowest BCUT2D eigenvalue weighted by Crippen LogP contribution is -1.98. The van der Waals surface area contributed by atoms with Gasteiger partial charge >= 0.3 is 0 Å². The number of halogens is 1. The number of hydrogen-bond acceptors (Lipinski definition) is 4. The summed E-state index contributed by atoms with van der Waals surface area (Å²) in [6, 6.07) is 106. The third-order valence-corrected chi connectivity index (χ3v) is 17.9. The van der Waals surface area contributed by atoms with Crippen LogP contribution in [0.1, 0.15) is 0 Å². The first-order chi connectivity index (χ1) is 46.0.